The number of nitrogens with zero attached hydrogens (tertiary/aromatic N) is 7. The van der Waals surface area contributed by atoms with Crippen LogP contribution in [0.5, 0.6) is 5.75 Å². The molecule has 0 unspecified atom stereocenters. The van der Waals surface area contributed by atoms with Gasteiger partial charge in [-0.3, -0.25) is 13.8 Å². The quantitative estimate of drug-likeness (QED) is 0.397. The monoisotopic (exact) mass is 482 g/mol. The minimum Gasteiger partial charge on any atom is -0.478 e. The SMILES string of the molecule is Cn1cc(-c2ccc(Nc3ccc4c(n3)n(C3CCCC3)c(=O)n4CCC#N)cc2OCC#N)cn1. The van der Waals surface area contributed by atoms with Gasteiger partial charge in [0, 0.05) is 48.7 Å². The number of ether oxygens (including phenoxy) is 1. The minimum absolute atomic E-state index is 0.0786. The molecule has 0 spiro atoms. The van der Waals surface area contributed by atoms with Crippen molar-refractivity contribution in [2.75, 3.05) is 11.9 Å². The number of rotatable bonds is 8. The van der Waals surface area contributed by atoms with Gasteiger partial charge in [0.15, 0.2) is 12.3 Å². The second kappa shape index (κ2) is 9.96. The Bertz CT molecular complexity index is 1540. The third kappa shape index (κ3) is 4.41. The molecule has 1 aliphatic rings. The summed E-state index contributed by atoms with van der Waals surface area (Å²) in [6.45, 7) is 0.264. The number of aryl methyl sites for hydroxylation is 2. The van der Waals surface area contributed by atoms with E-state index in [4.69, 9.17) is 20.2 Å². The summed E-state index contributed by atoms with van der Waals surface area (Å²) >= 11 is 0. The van der Waals surface area contributed by atoms with Crippen LogP contribution in [0.15, 0.2) is 47.5 Å². The van der Waals surface area contributed by atoms with E-state index in [-0.39, 0.29) is 24.8 Å². The fourth-order valence-electron chi connectivity index (χ4n) is 4.87. The van der Waals surface area contributed by atoms with Gasteiger partial charge in [-0.25, -0.2) is 9.78 Å². The predicted molar refractivity (Wildman–Crippen MR) is 135 cm³/mol. The molecule has 0 radical (unpaired) electrons. The predicted octanol–water partition coefficient (Wildman–Crippen LogP) is 4.27. The van der Waals surface area contributed by atoms with Crippen LogP contribution in [0.4, 0.5) is 11.5 Å². The van der Waals surface area contributed by atoms with Crippen LogP contribution in [0.25, 0.3) is 22.3 Å². The Kier molecular flexibility index (Phi) is 6.42. The maximum absolute atomic E-state index is 13.3. The number of imidazole rings is 1. The molecular weight excluding hydrogens is 456 g/mol. The first-order valence-corrected chi connectivity index (χ1v) is 12.0. The molecule has 4 aromatic rings. The molecule has 0 atom stereocenters. The van der Waals surface area contributed by atoms with E-state index in [0.717, 1.165) is 48.0 Å². The molecule has 1 saturated carbocycles. The number of hydrogen-bond acceptors (Lipinski definition) is 7. The molecule has 0 aliphatic heterocycles. The van der Waals surface area contributed by atoms with Crippen LogP contribution >= 0.6 is 0 Å². The first-order valence-electron chi connectivity index (χ1n) is 12.0. The van der Waals surface area contributed by atoms with Crippen molar-refractivity contribution in [1.82, 2.24) is 23.9 Å². The van der Waals surface area contributed by atoms with E-state index in [1.807, 2.05) is 49.6 Å². The highest BCUT2D eigenvalue weighted by atomic mass is 16.5. The molecule has 1 N–H and O–H groups in total. The Morgan fingerprint density at radius 3 is 2.72 bits per heavy atom. The van der Waals surface area contributed by atoms with Gasteiger partial charge in [0.2, 0.25) is 0 Å². The summed E-state index contributed by atoms with van der Waals surface area (Å²) in [4.78, 5) is 18.1. The Hall–Kier alpha value is -4.57. The van der Waals surface area contributed by atoms with Crippen LogP contribution in [0, 0.1) is 22.7 Å². The molecule has 1 aliphatic carbocycles. The summed E-state index contributed by atoms with van der Waals surface area (Å²) in [5.41, 5.74) is 3.71. The van der Waals surface area contributed by atoms with E-state index in [0.29, 0.717) is 23.8 Å². The number of nitriles is 2. The van der Waals surface area contributed by atoms with Crippen molar-refractivity contribution in [3.05, 3.63) is 53.2 Å². The van der Waals surface area contributed by atoms with Crippen LogP contribution in [-0.4, -0.2) is 30.5 Å². The van der Waals surface area contributed by atoms with E-state index in [1.165, 1.54) is 0 Å². The largest absolute Gasteiger partial charge is 0.478 e. The third-order valence-electron chi connectivity index (χ3n) is 6.51. The Morgan fingerprint density at radius 1 is 1.17 bits per heavy atom. The average Bonchev–Trinajstić information content (AvgIpc) is 3.61. The van der Waals surface area contributed by atoms with Gasteiger partial charge in [-0.05, 0) is 37.1 Å². The molecule has 0 amide bonds. The zero-order valence-electron chi connectivity index (χ0n) is 20.0. The Morgan fingerprint density at radius 2 is 2.00 bits per heavy atom. The van der Waals surface area contributed by atoms with Gasteiger partial charge in [-0.1, -0.05) is 12.8 Å². The van der Waals surface area contributed by atoms with E-state index in [9.17, 15) is 4.79 Å². The molecule has 36 heavy (non-hydrogen) atoms. The molecule has 182 valence electrons. The van der Waals surface area contributed by atoms with Crippen molar-refractivity contribution in [2.45, 2.75) is 44.7 Å². The molecule has 0 saturated heterocycles. The second-order valence-electron chi connectivity index (χ2n) is 8.88. The van der Waals surface area contributed by atoms with Crippen molar-refractivity contribution in [2.24, 2.45) is 7.05 Å². The fraction of sp³-hybridized carbons (Fsp3) is 0.346. The van der Waals surface area contributed by atoms with E-state index >= 15 is 0 Å². The molecule has 3 aromatic heterocycles. The van der Waals surface area contributed by atoms with E-state index in [2.05, 4.69) is 16.5 Å². The van der Waals surface area contributed by atoms with Crippen molar-refractivity contribution in [1.29, 1.82) is 10.5 Å². The van der Waals surface area contributed by atoms with Crippen molar-refractivity contribution >= 4 is 22.7 Å². The van der Waals surface area contributed by atoms with E-state index in [1.54, 1.807) is 20.0 Å². The smallest absolute Gasteiger partial charge is 0.330 e. The van der Waals surface area contributed by atoms with E-state index < -0.39 is 0 Å². The number of hydrogen-bond donors (Lipinski definition) is 1. The Labute approximate surface area is 208 Å². The molecule has 10 nitrogen and oxygen atoms in total. The topological polar surface area (TPSA) is 126 Å². The molecule has 3 heterocycles. The highest BCUT2D eigenvalue weighted by Gasteiger charge is 2.24. The van der Waals surface area contributed by atoms with Crippen LogP contribution in [0.2, 0.25) is 0 Å². The standard InChI is InChI=1S/C26H26N8O2/c1-32-17-18(16-29-32)21-8-7-19(15-23(21)36-14-12-28)30-24-10-9-22-25(31-24)34(20-5-2-3-6-20)26(35)33(22)13-4-11-27/h7-10,15-17,20H,2-6,13-14H2,1H3,(H,30,31). The number of aromatic nitrogens is 5. The molecule has 1 aromatic carbocycles. The first-order chi connectivity index (χ1) is 17.6. The molecule has 0 bridgehead atoms. The maximum atomic E-state index is 13.3. The zero-order valence-corrected chi connectivity index (χ0v) is 20.0. The van der Waals surface area contributed by atoms with Crippen molar-refractivity contribution in [3.8, 4) is 29.0 Å². The highest BCUT2D eigenvalue weighted by Crippen LogP contribution is 2.34. The number of pyridine rings is 1. The van der Waals surface area contributed by atoms with Gasteiger partial charge >= 0.3 is 5.69 Å². The lowest BCUT2D eigenvalue weighted by Gasteiger charge is -2.13. The van der Waals surface area contributed by atoms with Crippen molar-refractivity contribution < 1.29 is 4.74 Å². The second-order valence-corrected chi connectivity index (χ2v) is 8.88. The van der Waals surface area contributed by atoms with Crippen LogP contribution in [0.1, 0.15) is 38.1 Å². The van der Waals surface area contributed by atoms with Gasteiger partial charge in [0.05, 0.1) is 24.2 Å². The lowest BCUT2D eigenvalue weighted by Crippen LogP contribution is -2.26. The van der Waals surface area contributed by atoms with Gasteiger partial charge in [0.1, 0.15) is 17.6 Å². The normalized spacial score (nSPS) is 13.5. The lowest BCUT2D eigenvalue weighted by atomic mass is 10.1. The first kappa shape index (κ1) is 23.2. The summed E-state index contributed by atoms with van der Waals surface area (Å²) < 4.78 is 10.9. The van der Waals surface area contributed by atoms with Gasteiger partial charge in [-0.2, -0.15) is 15.6 Å². The maximum Gasteiger partial charge on any atom is 0.330 e. The fourth-order valence-corrected chi connectivity index (χ4v) is 4.87. The summed E-state index contributed by atoms with van der Waals surface area (Å²) in [6.07, 6.45) is 7.98. The van der Waals surface area contributed by atoms with Gasteiger partial charge in [0.25, 0.3) is 0 Å². The molecular formula is C26H26N8O2. The Balaban J connectivity index is 1.52. The summed E-state index contributed by atoms with van der Waals surface area (Å²) in [5, 5.41) is 25.6. The van der Waals surface area contributed by atoms with Crippen LogP contribution < -0.4 is 15.7 Å². The third-order valence-corrected chi connectivity index (χ3v) is 6.51. The average molecular weight is 483 g/mol. The molecule has 10 heteroatoms. The number of benzene rings is 1. The summed E-state index contributed by atoms with van der Waals surface area (Å²) in [5.74, 6) is 1.15. The zero-order chi connectivity index (χ0) is 25.1. The van der Waals surface area contributed by atoms with Crippen LogP contribution in [-0.2, 0) is 13.6 Å². The van der Waals surface area contributed by atoms with Crippen molar-refractivity contribution in [3.63, 3.8) is 0 Å². The number of anilines is 2. The van der Waals surface area contributed by atoms with Gasteiger partial charge < -0.3 is 10.1 Å². The molecule has 1 fully saturated rings. The van der Waals surface area contributed by atoms with Crippen LogP contribution in [0.3, 0.4) is 0 Å². The lowest BCUT2D eigenvalue weighted by molar-refractivity contribution is 0.370. The number of fused-ring (bicyclic) bond motifs is 1. The highest BCUT2D eigenvalue weighted by molar-refractivity contribution is 5.77. The minimum atomic E-state index is -0.107. The molecule has 5 rings (SSSR count). The number of nitrogens with one attached hydrogen (secondary N) is 1. The summed E-state index contributed by atoms with van der Waals surface area (Å²) in [6, 6.07) is 13.6. The summed E-state index contributed by atoms with van der Waals surface area (Å²) in [7, 11) is 1.84. The van der Waals surface area contributed by atoms with Gasteiger partial charge in [-0.15, -0.1) is 0 Å².